The second-order valence-corrected chi connectivity index (χ2v) is 9.05. The summed E-state index contributed by atoms with van der Waals surface area (Å²) in [5.41, 5.74) is 3.44. The van der Waals surface area contributed by atoms with Gasteiger partial charge in [-0.05, 0) is 73.0 Å². The molecule has 0 bridgehead atoms. The molecule has 0 aliphatic rings. The lowest BCUT2D eigenvalue weighted by molar-refractivity contribution is -0.111. The first kappa shape index (κ1) is 23.9. The van der Waals surface area contributed by atoms with Gasteiger partial charge in [-0.1, -0.05) is 18.2 Å². The predicted octanol–water partition coefficient (Wildman–Crippen LogP) is 4.77. The van der Waals surface area contributed by atoms with Crippen LogP contribution in [0, 0.1) is 13.8 Å². The monoisotopic (exact) mass is 466 g/mol. The van der Waals surface area contributed by atoms with E-state index in [4.69, 9.17) is 9.47 Å². The van der Waals surface area contributed by atoms with Crippen molar-refractivity contribution >= 4 is 33.4 Å². The lowest BCUT2D eigenvalue weighted by atomic mass is 10.1. The van der Waals surface area contributed by atoms with Gasteiger partial charge in [-0.25, -0.2) is 8.42 Å². The molecule has 0 heterocycles. The van der Waals surface area contributed by atoms with Gasteiger partial charge in [0.25, 0.3) is 10.0 Å². The zero-order valence-corrected chi connectivity index (χ0v) is 19.7. The average Bonchev–Trinajstić information content (AvgIpc) is 2.80. The molecule has 3 aromatic carbocycles. The summed E-state index contributed by atoms with van der Waals surface area (Å²) in [5, 5.41) is 2.71. The Morgan fingerprint density at radius 3 is 2.00 bits per heavy atom. The highest BCUT2D eigenvalue weighted by Gasteiger charge is 2.16. The number of carbonyl (C=O) groups is 1. The second kappa shape index (κ2) is 10.2. The summed E-state index contributed by atoms with van der Waals surface area (Å²) < 4.78 is 38.6. The average molecular weight is 467 g/mol. The van der Waals surface area contributed by atoms with E-state index in [-0.39, 0.29) is 10.8 Å². The summed E-state index contributed by atoms with van der Waals surface area (Å²) in [5.74, 6) is 0.863. The van der Waals surface area contributed by atoms with Gasteiger partial charge in [-0.3, -0.25) is 9.52 Å². The van der Waals surface area contributed by atoms with Gasteiger partial charge in [0.2, 0.25) is 5.91 Å². The van der Waals surface area contributed by atoms with Gasteiger partial charge in [0.05, 0.1) is 24.8 Å². The molecule has 0 atom stereocenters. The number of rotatable bonds is 8. The molecule has 3 aromatic rings. The third kappa shape index (κ3) is 6.14. The first-order valence-corrected chi connectivity index (χ1v) is 11.6. The molecule has 0 fully saturated rings. The molecule has 0 saturated heterocycles. The second-order valence-electron chi connectivity index (χ2n) is 7.37. The fourth-order valence-corrected chi connectivity index (χ4v) is 4.37. The van der Waals surface area contributed by atoms with E-state index in [9.17, 15) is 13.2 Å². The van der Waals surface area contributed by atoms with Crippen LogP contribution in [-0.4, -0.2) is 28.5 Å². The minimum Gasteiger partial charge on any atom is -0.497 e. The summed E-state index contributed by atoms with van der Waals surface area (Å²) in [4.78, 5) is 12.4. The molecule has 0 spiro atoms. The number of hydrogen-bond donors (Lipinski definition) is 2. The van der Waals surface area contributed by atoms with Crippen LogP contribution in [0.3, 0.4) is 0 Å². The van der Waals surface area contributed by atoms with Gasteiger partial charge in [0, 0.05) is 17.8 Å². The Bertz CT molecular complexity index is 1240. The Kier molecular flexibility index (Phi) is 7.40. The van der Waals surface area contributed by atoms with E-state index in [0.29, 0.717) is 22.9 Å². The summed E-state index contributed by atoms with van der Waals surface area (Å²) in [6, 6.07) is 16.8. The molecule has 7 nitrogen and oxygen atoms in total. The van der Waals surface area contributed by atoms with Crippen LogP contribution >= 0.6 is 0 Å². The van der Waals surface area contributed by atoms with Crippen molar-refractivity contribution in [1.29, 1.82) is 0 Å². The lowest BCUT2D eigenvalue weighted by Gasteiger charge is -2.13. The zero-order chi connectivity index (χ0) is 24.0. The van der Waals surface area contributed by atoms with E-state index in [0.717, 1.165) is 16.7 Å². The number of ether oxygens (including phenoxy) is 2. The fourth-order valence-electron chi connectivity index (χ4n) is 3.17. The van der Waals surface area contributed by atoms with Crippen LogP contribution in [-0.2, 0) is 14.8 Å². The predicted molar refractivity (Wildman–Crippen MR) is 130 cm³/mol. The standard InChI is InChI=1S/C25H26N2O5S/c1-17-6-5-7-18(2)25(17)27-33(29,30)23-11-9-20(10-12-23)26-24(28)13-8-19-14-21(31-3)16-22(15-19)32-4/h5-16,27H,1-4H3,(H,26,28)/b13-8+. The van der Waals surface area contributed by atoms with Crippen LogP contribution in [0.5, 0.6) is 11.5 Å². The van der Waals surface area contributed by atoms with Crippen LogP contribution in [0.15, 0.2) is 71.6 Å². The normalized spacial score (nSPS) is 11.3. The Morgan fingerprint density at radius 2 is 1.45 bits per heavy atom. The molecule has 8 heteroatoms. The molecule has 33 heavy (non-hydrogen) atoms. The van der Waals surface area contributed by atoms with E-state index in [2.05, 4.69) is 10.0 Å². The highest BCUT2D eigenvalue weighted by molar-refractivity contribution is 7.92. The third-order valence-corrected chi connectivity index (χ3v) is 6.32. The first-order chi connectivity index (χ1) is 15.7. The largest absolute Gasteiger partial charge is 0.497 e. The van der Waals surface area contributed by atoms with Crippen molar-refractivity contribution in [2.45, 2.75) is 18.7 Å². The first-order valence-electron chi connectivity index (χ1n) is 10.1. The zero-order valence-electron chi connectivity index (χ0n) is 18.9. The lowest BCUT2D eigenvalue weighted by Crippen LogP contribution is -2.15. The van der Waals surface area contributed by atoms with Crippen molar-refractivity contribution < 1.29 is 22.7 Å². The van der Waals surface area contributed by atoms with E-state index < -0.39 is 10.0 Å². The molecule has 0 aromatic heterocycles. The molecule has 0 aliphatic heterocycles. The Morgan fingerprint density at radius 1 is 0.879 bits per heavy atom. The Hall–Kier alpha value is -3.78. The number of sulfonamides is 1. The molecule has 172 valence electrons. The number of nitrogens with one attached hydrogen (secondary N) is 2. The van der Waals surface area contributed by atoms with Gasteiger partial charge in [0.15, 0.2) is 0 Å². The van der Waals surface area contributed by atoms with Crippen molar-refractivity contribution in [2.75, 3.05) is 24.3 Å². The number of anilines is 2. The third-order valence-electron chi connectivity index (χ3n) is 4.95. The molecule has 2 N–H and O–H groups in total. The molecule has 1 amide bonds. The molecular weight excluding hydrogens is 440 g/mol. The van der Waals surface area contributed by atoms with Crippen LogP contribution in [0.4, 0.5) is 11.4 Å². The molecule has 0 aliphatic carbocycles. The van der Waals surface area contributed by atoms with Gasteiger partial charge in [0.1, 0.15) is 11.5 Å². The van der Waals surface area contributed by atoms with Crippen molar-refractivity contribution in [1.82, 2.24) is 0 Å². The van der Waals surface area contributed by atoms with Crippen molar-refractivity contribution in [3.63, 3.8) is 0 Å². The highest BCUT2D eigenvalue weighted by atomic mass is 32.2. The van der Waals surface area contributed by atoms with Crippen LogP contribution in [0.1, 0.15) is 16.7 Å². The SMILES string of the molecule is COc1cc(/C=C/C(=O)Nc2ccc(S(=O)(=O)Nc3c(C)cccc3C)cc2)cc(OC)c1. The number of hydrogen-bond acceptors (Lipinski definition) is 5. The number of para-hydroxylation sites is 1. The van der Waals surface area contributed by atoms with E-state index >= 15 is 0 Å². The summed E-state index contributed by atoms with van der Waals surface area (Å²) in [7, 11) is -0.659. The van der Waals surface area contributed by atoms with Gasteiger partial charge >= 0.3 is 0 Å². The quantitative estimate of drug-likeness (QED) is 0.466. The molecule has 3 rings (SSSR count). The maximum Gasteiger partial charge on any atom is 0.261 e. The minimum absolute atomic E-state index is 0.0992. The number of benzene rings is 3. The topological polar surface area (TPSA) is 93.7 Å². The Balaban J connectivity index is 1.69. The summed E-state index contributed by atoms with van der Waals surface area (Å²) in [6.07, 6.45) is 3.01. The van der Waals surface area contributed by atoms with Gasteiger partial charge in [-0.15, -0.1) is 0 Å². The van der Waals surface area contributed by atoms with E-state index in [1.807, 2.05) is 32.0 Å². The summed E-state index contributed by atoms with van der Waals surface area (Å²) >= 11 is 0. The Labute approximate surface area is 194 Å². The van der Waals surface area contributed by atoms with Crippen LogP contribution in [0.2, 0.25) is 0 Å². The fraction of sp³-hybridized carbons (Fsp3) is 0.160. The molecule has 0 unspecified atom stereocenters. The van der Waals surface area contributed by atoms with Crippen LogP contribution in [0.25, 0.3) is 6.08 Å². The maximum atomic E-state index is 12.8. The molecule has 0 radical (unpaired) electrons. The van der Waals surface area contributed by atoms with Crippen molar-refractivity contribution in [3.8, 4) is 11.5 Å². The number of amides is 1. The van der Waals surface area contributed by atoms with Gasteiger partial charge in [-0.2, -0.15) is 0 Å². The smallest absolute Gasteiger partial charge is 0.261 e. The number of carbonyl (C=O) groups excluding carboxylic acids is 1. The summed E-state index contributed by atoms with van der Waals surface area (Å²) in [6.45, 7) is 3.69. The van der Waals surface area contributed by atoms with E-state index in [1.165, 1.54) is 18.2 Å². The maximum absolute atomic E-state index is 12.8. The minimum atomic E-state index is -3.76. The molecular formula is C25H26N2O5S. The van der Waals surface area contributed by atoms with Crippen LogP contribution < -0.4 is 19.5 Å². The van der Waals surface area contributed by atoms with E-state index in [1.54, 1.807) is 50.6 Å². The number of methoxy groups -OCH3 is 2. The van der Waals surface area contributed by atoms with Gasteiger partial charge < -0.3 is 14.8 Å². The van der Waals surface area contributed by atoms with Crippen molar-refractivity contribution in [2.24, 2.45) is 0 Å². The number of aryl methyl sites for hydroxylation is 2. The molecule has 0 saturated carbocycles. The van der Waals surface area contributed by atoms with Crippen molar-refractivity contribution in [3.05, 3.63) is 83.4 Å². The highest BCUT2D eigenvalue weighted by Crippen LogP contribution is 2.25.